The summed E-state index contributed by atoms with van der Waals surface area (Å²) in [6.07, 6.45) is 1.62. The van der Waals surface area contributed by atoms with Gasteiger partial charge in [0.2, 0.25) is 0 Å². The van der Waals surface area contributed by atoms with E-state index in [4.69, 9.17) is 0 Å². The third kappa shape index (κ3) is 2.20. The van der Waals surface area contributed by atoms with E-state index in [1.807, 2.05) is 6.07 Å². The van der Waals surface area contributed by atoms with Gasteiger partial charge in [0.15, 0.2) is 5.69 Å². The lowest BCUT2D eigenvalue weighted by atomic mass is 9.99. The average molecular weight is 300 g/mol. The van der Waals surface area contributed by atoms with Crippen molar-refractivity contribution in [3.63, 3.8) is 0 Å². The van der Waals surface area contributed by atoms with E-state index in [1.54, 1.807) is 4.90 Å². The van der Waals surface area contributed by atoms with Crippen molar-refractivity contribution in [1.29, 1.82) is 0 Å². The minimum absolute atomic E-state index is 0.0730. The highest BCUT2D eigenvalue weighted by Crippen LogP contribution is 2.23. The van der Waals surface area contributed by atoms with Crippen LogP contribution in [-0.2, 0) is 25.9 Å². The molecular weight excluding hydrogens is 283 g/mol. The summed E-state index contributed by atoms with van der Waals surface area (Å²) in [6, 6.07) is 4.81. The van der Waals surface area contributed by atoms with E-state index >= 15 is 0 Å². The van der Waals surface area contributed by atoms with Crippen molar-refractivity contribution in [3.05, 3.63) is 52.1 Å². The van der Waals surface area contributed by atoms with Crippen LogP contribution >= 0.6 is 0 Å². The molecule has 1 aromatic heterocycles. The number of nitrogens with zero attached hydrogens (tertiary/aromatic N) is 2. The Morgan fingerprint density at radius 3 is 3.09 bits per heavy atom. The molecule has 0 bridgehead atoms. The summed E-state index contributed by atoms with van der Waals surface area (Å²) in [7, 11) is 0. The molecule has 2 N–H and O–H groups in total. The first kappa shape index (κ1) is 13.5. The first-order valence-corrected chi connectivity index (χ1v) is 7.56. The van der Waals surface area contributed by atoms with Crippen molar-refractivity contribution in [2.45, 2.75) is 25.9 Å². The van der Waals surface area contributed by atoms with Gasteiger partial charge in [-0.3, -0.25) is 9.89 Å². The van der Waals surface area contributed by atoms with Crippen molar-refractivity contribution in [3.8, 4) is 0 Å². The Morgan fingerprint density at radius 1 is 1.27 bits per heavy atom. The van der Waals surface area contributed by atoms with E-state index in [2.05, 4.69) is 15.5 Å². The summed E-state index contributed by atoms with van der Waals surface area (Å²) in [6.45, 7) is 2.67. The Bertz CT molecular complexity index is 740. The number of carbonyl (C=O) groups is 1. The number of nitrogens with one attached hydrogen (secondary N) is 2. The predicted octanol–water partition coefficient (Wildman–Crippen LogP) is 1.39. The molecule has 2 aliphatic heterocycles. The molecule has 2 aliphatic rings. The van der Waals surface area contributed by atoms with Crippen molar-refractivity contribution >= 4 is 5.91 Å². The monoisotopic (exact) mass is 300 g/mol. The number of H-pyrrole nitrogens is 1. The zero-order chi connectivity index (χ0) is 15.1. The fourth-order valence-electron chi connectivity index (χ4n) is 3.25. The van der Waals surface area contributed by atoms with Crippen molar-refractivity contribution in [2.75, 3.05) is 13.1 Å². The van der Waals surface area contributed by atoms with E-state index in [0.717, 1.165) is 41.8 Å². The molecule has 4 rings (SSSR count). The summed E-state index contributed by atoms with van der Waals surface area (Å²) in [5.74, 6) is -0.328. The molecule has 2 aromatic rings. The molecule has 3 heterocycles. The smallest absolute Gasteiger partial charge is 0.275 e. The maximum atomic E-state index is 13.4. The third-order valence-electron chi connectivity index (χ3n) is 4.48. The van der Waals surface area contributed by atoms with E-state index in [-0.39, 0.29) is 11.7 Å². The Kier molecular flexibility index (Phi) is 3.18. The molecule has 0 radical (unpaired) electrons. The number of benzene rings is 1. The number of aromatic nitrogens is 2. The summed E-state index contributed by atoms with van der Waals surface area (Å²) in [5, 5.41) is 10.5. The van der Waals surface area contributed by atoms with Gasteiger partial charge in [0.1, 0.15) is 5.82 Å². The van der Waals surface area contributed by atoms with Gasteiger partial charge in [0.05, 0.1) is 0 Å². The van der Waals surface area contributed by atoms with Gasteiger partial charge in [-0.1, -0.05) is 6.07 Å². The van der Waals surface area contributed by atoms with Crippen LogP contribution in [0.4, 0.5) is 4.39 Å². The number of hydrogen-bond donors (Lipinski definition) is 2. The predicted molar refractivity (Wildman–Crippen MR) is 78.8 cm³/mol. The Balaban J connectivity index is 1.60. The summed E-state index contributed by atoms with van der Waals surface area (Å²) in [5.41, 5.74) is 4.53. The lowest BCUT2D eigenvalue weighted by Gasteiger charge is -2.28. The van der Waals surface area contributed by atoms with E-state index < -0.39 is 0 Å². The molecular formula is C16H17FN4O. The van der Waals surface area contributed by atoms with E-state index in [9.17, 15) is 9.18 Å². The van der Waals surface area contributed by atoms with Crippen LogP contribution in [0.5, 0.6) is 0 Å². The van der Waals surface area contributed by atoms with Gasteiger partial charge < -0.3 is 10.2 Å². The number of aromatic amines is 1. The van der Waals surface area contributed by atoms with Crippen LogP contribution in [0.3, 0.4) is 0 Å². The zero-order valence-corrected chi connectivity index (χ0v) is 12.2. The average Bonchev–Trinajstić information content (AvgIpc) is 2.97. The molecule has 1 aromatic carbocycles. The second-order valence-corrected chi connectivity index (χ2v) is 5.85. The lowest BCUT2D eigenvalue weighted by Crippen LogP contribution is -2.37. The van der Waals surface area contributed by atoms with Gasteiger partial charge in [-0.05, 0) is 29.7 Å². The molecule has 1 amide bonds. The number of halogens is 1. The number of amides is 1. The topological polar surface area (TPSA) is 61.0 Å². The van der Waals surface area contributed by atoms with Gasteiger partial charge in [-0.25, -0.2) is 4.39 Å². The van der Waals surface area contributed by atoms with Gasteiger partial charge in [0, 0.05) is 43.9 Å². The number of carbonyl (C=O) groups excluding carboxylic acids is 1. The maximum Gasteiger partial charge on any atom is 0.275 e. The van der Waals surface area contributed by atoms with E-state index in [1.165, 1.54) is 12.1 Å². The quantitative estimate of drug-likeness (QED) is 0.837. The first-order chi connectivity index (χ1) is 10.7. The SMILES string of the molecule is O=C(c1n[nH]c2c1CNCC2)N1CCc2ccc(F)cc2C1. The number of hydrogen-bond acceptors (Lipinski definition) is 3. The standard InChI is InChI=1S/C16H17FN4O/c17-12-2-1-10-4-6-21(9-11(10)7-12)16(22)15-13-8-18-5-3-14(13)19-20-15/h1-2,7,18H,3-6,8-9H2,(H,19,20). The van der Waals surface area contributed by atoms with Crippen LogP contribution in [-0.4, -0.2) is 34.1 Å². The molecule has 6 heteroatoms. The molecule has 0 saturated carbocycles. The van der Waals surface area contributed by atoms with Crippen LogP contribution in [0, 0.1) is 5.82 Å². The van der Waals surface area contributed by atoms with Crippen LogP contribution in [0.1, 0.15) is 32.9 Å². The second kappa shape index (κ2) is 5.21. The summed E-state index contributed by atoms with van der Waals surface area (Å²) < 4.78 is 13.4. The van der Waals surface area contributed by atoms with Gasteiger partial charge in [-0.2, -0.15) is 5.10 Å². The molecule has 0 aliphatic carbocycles. The molecule has 22 heavy (non-hydrogen) atoms. The van der Waals surface area contributed by atoms with Crippen LogP contribution in [0.25, 0.3) is 0 Å². The third-order valence-corrected chi connectivity index (χ3v) is 4.48. The minimum atomic E-state index is -0.255. The molecule has 0 atom stereocenters. The Hall–Kier alpha value is -2.21. The zero-order valence-electron chi connectivity index (χ0n) is 12.2. The molecule has 0 fully saturated rings. The number of fused-ring (bicyclic) bond motifs is 2. The van der Waals surface area contributed by atoms with E-state index in [0.29, 0.717) is 25.3 Å². The molecule has 0 spiro atoms. The fraction of sp³-hybridized carbons (Fsp3) is 0.375. The van der Waals surface area contributed by atoms with Crippen LogP contribution in [0.2, 0.25) is 0 Å². The van der Waals surface area contributed by atoms with Crippen molar-refractivity contribution < 1.29 is 9.18 Å². The summed E-state index contributed by atoms with van der Waals surface area (Å²) in [4.78, 5) is 14.5. The van der Waals surface area contributed by atoms with Crippen LogP contribution in [0.15, 0.2) is 18.2 Å². The lowest BCUT2D eigenvalue weighted by molar-refractivity contribution is 0.0727. The Labute approximate surface area is 127 Å². The van der Waals surface area contributed by atoms with Crippen LogP contribution < -0.4 is 5.32 Å². The highest BCUT2D eigenvalue weighted by Gasteiger charge is 2.28. The maximum absolute atomic E-state index is 13.4. The summed E-state index contributed by atoms with van der Waals surface area (Å²) >= 11 is 0. The fourth-order valence-corrected chi connectivity index (χ4v) is 3.25. The highest BCUT2D eigenvalue weighted by molar-refractivity contribution is 5.94. The largest absolute Gasteiger partial charge is 0.333 e. The molecule has 0 saturated heterocycles. The molecule has 5 nitrogen and oxygen atoms in total. The number of rotatable bonds is 1. The molecule has 0 unspecified atom stereocenters. The first-order valence-electron chi connectivity index (χ1n) is 7.56. The van der Waals surface area contributed by atoms with Gasteiger partial charge in [-0.15, -0.1) is 0 Å². The second-order valence-electron chi connectivity index (χ2n) is 5.85. The van der Waals surface area contributed by atoms with Crippen molar-refractivity contribution in [1.82, 2.24) is 20.4 Å². The highest BCUT2D eigenvalue weighted by atomic mass is 19.1. The normalized spacial score (nSPS) is 17.0. The minimum Gasteiger partial charge on any atom is -0.333 e. The Morgan fingerprint density at radius 2 is 2.18 bits per heavy atom. The van der Waals surface area contributed by atoms with Crippen molar-refractivity contribution in [2.24, 2.45) is 0 Å². The van der Waals surface area contributed by atoms with Gasteiger partial charge in [0.25, 0.3) is 5.91 Å². The van der Waals surface area contributed by atoms with Gasteiger partial charge >= 0.3 is 0 Å². The molecule has 114 valence electrons.